The number of halogens is 4. The third-order valence-electron chi connectivity index (χ3n) is 3.38. The summed E-state index contributed by atoms with van der Waals surface area (Å²) < 4.78 is 35.8. The number of hydrogen-bond acceptors (Lipinski definition) is 4. The highest BCUT2D eigenvalue weighted by atomic mass is 79.9. The molecular weight excluding hydrogens is 406 g/mol. The van der Waals surface area contributed by atoms with E-state index in [0.717, 1.165) is 9.86 Å². The van der Waals surface area contributed by atoms with Crippen molar-refractivity contribution in [3.63, 3.8) is 0 Å². The highest BCUT2D eigenvalue weighted by molar-refractivity contribution is 9.10. The fourth-order valence-corrected chi connectivity index (χ4v) is 3.28. The van der Waals surface area contributed by atoms with Gasteiger partial charge in [0.1, 0.15) is 5.82 Å². The highest BCUT2D eigenvalue weighted by Gasteiger charge is 2.43. The first-order valence-electron chi connectivity index (χ1n) is 6.82. The van der Waals surface area contributed by atoms with Crippen LogP contribution in [0, 0.1) is 0 Å². The molecule has 24 heavy (non-hydrogen) atoms. The maximum Gasteiger partial charge on any atom is 0.586 e. The minimum absolute atomic E-state index is 0.00934. The first-order valence-corrected chi connectivity index (χ1v) is 7.99. The molecule has 4 rings (SSSR count). The van der Waals surface area contributed by atoms with E-state index in [9.17, 15) is 8.78 Å². The Hall–Kier alpha value is -2.12. The Balaban J connectivity index is 1.66. The minimum atomic E-state index is -3.64. The van der Waals surface area contributed by atoms with Gasteiger partial charge in [-0.25, -0.2) is 4.98 Å². The first-order chi connectivity index (χ1) is 11.4. The van der Waals surface area contributed by atoms with Gasteiger partial charge in [0.2, 0.25) is 0 Å². The van der Waals surface area contributed by atoms with Crippen molar-refractivity contribution in [1.29, 1.82) is 0 Å². The van der Waals surface area contributed by atoms with E-state index in [0.29, 0.717) is 22.0 Å². The van der Waals surface area contributed by atoms with Crippen LogP contribution in [0.2, 0.25) is 5.02 Å². The average molecular weight is 414 g/mol. The third kappa shape index (κ3) is 2.85. The first kappa shape index (κ1) is 15.4. The lowest BCUT2D eigenvalue weighted by atomic mass is 10.2. The van der Waals surface area contributed by atoms with Crippen LogP contribution in [-0.2, 0) is 0 Å². The SMILES string of the molecule is FC1(F)Oc2ccc(Nc3ccc4cc(Br)cc(Cl)c4n3)cc2O1. The number of aromatic nitrogens is 1. The van der Waals surface area contributed by atoms with Crippen LogP contribution < -0.4 is 14.8 Å². The molecule has 0 unspecified atom stereocenters. The molecule has 0 atom stereocenters. The highest BCUT2D eigenvalue weighted by Crippen LogP contribution is 2.42. The van der Waals surface area contributed by atoms with Crippen molar-refractivity contribution in [2.75, 3.05) is 5.32 Å². The van der Waals surface area contributed by atoms with Gasteiger partial charge in [-0.15, -0.1) is 8.78 Å². The van der Waals surface area contributed by atoms with Crippen LogP contribution in [0.3, 0.4) is 0 Å². The van der Waals surface area contributed by atoms with E-state index in [1.54, 1.807) is 18.2 Å². The molecule has 1 aliphatic rings. The summed E-state index contributed by atoms with van der Waals surface area (Å²) in [6, 6.07) is 11.7. The zero-order chi connectivity index (χ0) is 16.9. The van der Waals surface area contributed by atoms with Gasteiger partial charge in [0.25, 0.3) is 0 Å². The summed E-state index contributed by atoms with van der Waals surface area (Å²) in [6.45, 7) is 0. The van der Waals surface area contributed by atoms with Gasteiger partial charge in [-0.05, 0) is 36.4 Å². The number of rotatable bonds is 2. The summed E-state index contributed by atoms with van der Waals surface area (Å²) >= 11 is 9.58. The molecule has 1 aromatic heterocycles. The molecule has 122 valence electrons. The molecule has 0 amide bonds. The zero-order valence-electron chi connectivity index (χ0n) is 11.8. The van der Waals surface area contributed by atoms with E-state index in [-0.39, 0.29) is 11.5 Å². The molecule has 0 fully saturated rings. The van der Waals surface area contributed by atoms with Gasteiger partial charge in [-0.1, -0.05) is 27.5 Å². The number of alkyl halides is 2. The van der Waals surface area contributed by atoms with Crippen LogP contribution in [0.15, 0.2) is 46.9 Å². The van der Waals surface area contributed by atoms with E-state index in [4.69, 9.17) is 11.6 Å². The average Bonchev–Trinajstić information content (AvgIpc) is 2.81. The molecule has 1 N–H and O–H groups in total. The maximum absolute atomic E-state index is 13.1. The second-order valence-corrected chi connectivity index (χ2v) is 6.43. The van der Waals surface area contributed by atoms with Crippen LogP contribution in [0.25, 0.3) is 10.9 Å². The largest absolute Gasteiger partial charge is 0.586 e. The predicted octanol–water partition coefficient (Wildman–Crippen LogP) is 5.72. The Labute approximate surface area is 148 Å². The number of fused-ring (bicyclic) bond motifs is 2. The number of anilines is 2. The van der Waals surface area contributed by atoms with E-state index in [1.165, 1.54) is 12.1 Å². The second-order valence-electron chi connectivity index (χ2n) is 5.11. The second kappa shape index (κ2) is 5.46. The van der Waals surface area contributed by atoms with Gasteiger partial charge in [0.15, 0.2) is 11.5 Å². The van der Waals surface area contributed by atoms with Crippen molar-refractivity contribution in [1.82, 2.24) is 4.98 Å². The standard InChI is InChI=1S/C16H8BrClF2N2O2/c17-9-5-8-1-4-14(22-15(8)11(18)6-9)21-10-2-3-12-13(7-10)24-16(19,20)23-12/h1-7H,(H,21,22). The Bertz CT molecular complexity index is 968. The van der Waals surface area contributed by atoms with E-state index < -0.39 is 6.29 Å². The number of ether oxygens (including phenoxy) is 2. The molecule has 0 spiro atoms. The van der Waals surface area contributed by atoms with Gasteiger partial charge in [-0.2, -0.15) is 0 Å². The van der Waals surface area contributed by atoms with E-state index >= 15 is 0 Å². The quantitative estimate of drug-likeness (QED) is 0.584. The lowest BCUT2D eigenvalue weighted by molar-refractivity contribution is -0.286. The van der Waals surface area contributed by atoms with Gasteiger partial charge in [0.05, 0.1) is 10.5 Å². The molecule has 0 bridgehead atoms. The number of hydrogen-bond donors (Lipinski definition) is 1. The number of benzene rings is 2. The van der Waals surface area contributed by atoms with Gasteiger partial charge in [-0.3, -0.25) is 0 Å². The molecule has 3 aromatic rings. The third-order valence-corrected chi connectivity index (χ3v) is 4.13. The smallest absolute Gasteiger partial charge is 0.395 e. The number of pyridine rings is 1. The van der Waals surface area contributed by atoms with Crippen LogP contribution >= 0.6 is 27.5 Å². The van der Waals surface area contributed by atoms with Gasteiger partial charge < -0.3 is 14.8 Å². The normalized spacial score (nSPS) is 14.8. The molecule has 8 heteroatoms. The Morgan fingerprint density at radius 3 is 2.67 bits per heavy atom. The Kier molecular flexibility index (Phi) is 3.51. The molecule has 1 aliphatic heterocycles. The summed E-state index contributed by atoms with van der Waals surface area (Å²) in [6.07, 6.45) is -3.64. The van der Waals surface area contributed by atoms with Crippen molar-refractivity contribution in [3.05, 3.63) is 52.0 Å². The minimum Gasteiger partial charge on any atom is -0.395 e. The van der Waals surface area contributed by atoms with E-state index in [2.05, 4.69) is 35.7 Å². The van der Waals surface area contributed by atoms with Crippen LogP contribution in [0.1, 0.15) is 0 Å². The number of nitrogens with zero attached hydrogens (tertiary/aromatic N) is 1. The Morgan fingerprint density at radius 1 is 1.04 bits per heavy atom. The monoisotopic (exact) mass is 412 g/mol. The summed E-state index contributed by atoms with van der Waals surface area (Å²) in [4.78, 5) is 4.45. The summed E-state index contributed by atoms with van der Waals surface area (Å²) in [5.41, 5.74) is 1.17. The van der Waals surface area contributed by atoms with Crippen molar-refractivity contribution in [2.24, 2.45) is 0 Å². The van der Waals surface area contributed by atoms with Gasteiger partial charge in [0, 0.05) is 21.6 Å². The van der Waals surface area contributed by atoms with Crippen LogP contribution in [0.5, 0.6) is 11.5 Å². The predicted molar refractivity (Wildman–Crippen MR) is 90.4 cm³/mol. The topological polar surface area (TPSA) is 43.4 Å². The molecular formula is C16H8BrClF2N2O2. The lowest BCUT2D eigenvalue weighted by Gasteiger charge is -2.08. The summed E-state index contributed by atoms with van der Waals surface area (Å²) in [7, 11) is 0. The molecule has 2 heterocycles. The fourth-order valence-electron chi connectivity index (χ4n) is 2.40. The molecule has 0 saturated carbocycles. The summed E-state index contributed by atoms with van der Waals surface area (Å²) in [5.74, 6) is 0.481. The molecule has 4 nitrogen and oxygen atoms in total. The van der Waals surface area contributed by atoms with Crippen molar-refractivity contribution < 1.29 is 18.3 Å². The zero-order valence-corrected chi connectivity index (χ0v) is 14.2. The van der Waals surface area contributed by atoms with Crippen LogP contribution in [0.4, 0.5) is 20.3 Å². The van der Waals surface area contributed by atoms with Crippen LogP contribution in [-0.4, -0.2) is 11.3 Å². The summed E-state index contributed by atoms with van der Waals surface area (Å²) in [5, 5.41) is 4.42. The molecule has 0 radical (unpaired) electrons. The molecule has 0 saturated heterocycles. The van der Waals surface area contributed by atoms with Crippen molar-refractivity contribution >= 4 is 49.9 Å². The Morgan fingerprint density at radius 2 is 1.83 bits per heavy atom. The van der Waals surface area contributed by atoms with E-state index in [1.807, 2.05) is 12.1 Å². The van der Waals surface area contributed by atoms with Gasteiger partial charge >= 0.3 is 6.29 Å². The van der Waals surface area contributed by atoms with Crippen molar-refractivity contribution in [2.45, 2.75) is 6.29 Å². The lowest BCUT2D eigenvalue weighted by Crippen LogP contribution is -2.25. The number of nitrogens with one attached hydrogen (secondary N) is 1. The maximum atomic E-state index is 13.1. The van der Waals surface area contributed by atoms with Crippen molar-refractivity contribution in [3.8, 4) is 11.5 Å². The molecule has 0 aliphatic carbocycles. The molecule has 2 aromatic carbocycles. The fraction of sp³-hybridized carbons (Fsp3) is 0.0625.